The van der Waals surface area contributed by atoms with Gasteiger partial charge in [-0.25, -0.2) is 9.67 Å². The summed E-state index contributed by atoms with van der Waals surface area (Å²) in [6.45, 7) is 1.53. The Morgan fingerprint density at radius 2 is 1.86 bits per heavy atom. The zero-order chi connectivity index (χ0) is 19.6. The van der Waals surface area contributed by atoms with E-state index in [1.54, 1.807) is 11.0 Å². The maximum absolute atomic E-state index is 12.7. The highest BCUT2D eigenvalue weighted by Gasteiger charge is 2.25. The molecule has 1 aliphatic heterocycles. The predicted molar refractivity (Wildman–Crippen MR) is 108 cm³/mol. The molecule has 2 aromatic heterocycles. The summed E-state index contributed by atoms with van der Waals surface area (Å²) in [7, 11) is 0. The van der Waals surface area contributed by atoms with E-state index in [2.05, 4.69) is 26.6 Å². The molecular formula is C21H21N7O. The van der Waals surface area contributed by atoms with Gasteiger partial charge in [-0.3, -0.25) is 4.79 Å². The maximum Gasteiger partial charge on any atom is 0.226 e. The first-order chi connectivity index (χ1) is 14.3. The van der Waals surface area contributed by atoms with Crippen LogP contribution in [-0.4, -0.2) is 54.1 Å². The number of amides is 1. The average molecular weight is 387 g/mol. The number of H-pyrrole nitrogens is 1. The molecule has 5 rings (SSSR count). The van der Waals surface area contributed by atoms with Crippen molar-refractivity contribution < 1.29 is 4.79 Å². The smallest absolute Gasteiger partial charge is 0.226 e. The number of nitrogens with zero attached hydrogens (tertiary/aromatic N) is 6. The van der Waals surface area contributed by atoms with Crippen LogP contribution in [0.4, 0.5) is 0 Å². The lowest BCUT2D eigenvalue weighted by Crippen LogP contribution is -2.39. The maximum atomic E-state index is 12.7. The second-order valence-corrected chi connectivity index (χ2v) is 7.39. The average Bonchev–Trinajstić information content (AvgIpc) is 3.44. The van der Waals surface area contributed by atoms with Gasteiger partial charge in [-0.1, -0.05) is 24.3 Å². The fourth-order valence-corrected chi connectivity index (χ4v) is 3.90. The second kappa shape index (κ2) is 7.46. The quantitative estimate of drug-likeness (QED) is 0.581. The number of hydrogen-bond acceptors (Lipinski definition) is 5. The van der Waals surface area contributed by atoms with Crippen LogP contribution in [0, 0.1) is 0 Å². The normalized spacial score (nSPS) is 15.1. The summed E-state index contributed by atoms with van der Waals surface area (Å²) < 4.78 is 1.59. The Bertz CT molecular complexity index is 1080. The topological polar surface area (TPSA) is 92.6 Å². The van der Waals surface area contributed by atoms with E-state index in [0.29, 0.717) is 12.3 Å². The second-order valence-electron chi connectivity index (χ2n) is 7.39. The van der Waals surface area contributed by atoms with E-state index >= 15 is 0 Å². The first kappa shape index (κ1) is 17.5. The van der Waals surface area contributed by atoms with E-state index < -0.39 is 0 Å². The molecule has 8 nitrogen and oxygen atoms in total. The molecule has 0 aliphatic carbocycles. The van der Waals surface area contributed by atoms with Crippen molar-refractivity contribution in [3.05, 3.63) is 66.2 Å². The summed E-state index contributed by atoms with van der Waals surface area (Å²) in [5.74, 6) is 1.58. The predicted octanol–water partition coefficient (Wildman–Crippen LogP) is 2.49. The molecule has 0 radical (unpaired) electrons. The van der Waals surface area contributed by atoms with Gasteiger partial charge in [0.2, 0.25) is 5.91 Å². The van der Waals surface area contributed by atoms with Crippen molar-refractivity contribution in [1.82, 2.24) is 35.1 Å². The van der Waals surface area contributed by atoms with Crippen LogP contribution < -0.4 is 0 Å². The number of aromatic amines is 1. The number of piperidine rings is 1. The van der Waals surface area contributed by atoms with Crippen molar-refractivity contribution in [1.29, 1.82) is 0 Å². The molecule has 2 aromatic carbocycles. The summed E-state index contributed by atoms with van der Waals surface area (Å²) in [5, 5.41) is 11.1. The Kier molecular flexibility index (Phi) is 4.51. The van der Waals surface area contributed by atoms with Gasteiger partial charge in [-0.2, -0.15) is 0 Å². The summed E-state index contributed by atoms with van der Waals surface area (Å²) in [4.78, 5) is 22.9. The number of para-hydroxylation sites is 2. The Morgan fingerprint density at radius 3 is 2.59 bits per heavy atom. The van der Waals surface area contributed by atoms with Crippen LogP contribution in [-0.2, 0) is 11.2 Å². The van der Waals surface area contributed by atoms with Crippen LogP contribution in [0.2, 0.25) is 0 Å². The van der Waals surface area contributed by atoms with Crippen LogP contribution in [0.1, 0.15) is 30.1 Å². The molecule has 29 heavy (non-hydrogen) atoms. The van der Waals surface area contributed by atoms with Crippen molar-refractivity contribution in [2.24, 2.45) is 0 Å². The van der Waals surface area contributed by atoms with Gasteiger partial charge in [0.05, 0.1) is 23.1 Å². The highest BCUT2D eigenvalue weighted by atomic mass is 16.2. The van der Waals surface area contributed by atoms with E-state index in [-0.39, 0.29) is 5.91 Å². The molecule has 0 bridgehead atoms. The van der Waals surface area contributed by atoms with Crippen molar-refractivity contribution in [3.63, 3.8) is 0 Å². The van der Waals surface area contributed by atoms with Crippen molar-refractivity contribution in [3.8, 4) is 5.69 Å². The molecule has 146 valence electrons. The lowest BCUT2D eigenvalue weighted by Gasteiger charge is -2.31. The van der Waals surface area contributed by atoms with Crippen LogP contribution in [0.15, 0.2) is 54.9 Å². The van der Waals surface area contributed by atoms with E-state index in [4.69, 9.17) is 4.98 Å². The number of hydrogen-bond donors (Lipinski definition) is 1. The Labute approximate surface area is 167 Å². The number of nitrogens with one attached hydrogen (secondary N) is 1. The third-order valence-corrected chi connectivity index (χ3v) is 5.55. The summed E-state index contributed by atoms with van der Waals surface area (Å²) in [6.07, 6.45) is 3.82. The van der Waals surface area contributed by atoms with Gasteiger partial charge in [0.1, 0.15) is 12.2 Å². The molecule has 3 heterocycles. The molecule has 0 atom stereocenters. The zero-order valence-electron chi connectivity index (χ0n) is 15.9. The zero-order valence-corrected chi connectivity index (χ0v) is 15.9. The number of imidazole rings is 1. The molecule has 1 amide bonds. The van der Waals surface area contributed by atoms with Crippen LogP contribution in [0.25, 0.3) is 16.7 Å². The minimum absolute atomic E-state index is 0.170. The molecule has 1 N–H and O–H groups in total. The largest absolute Gasteiger partial charge is 0.342 e. The first-order valence-electron chi connectivity index (χ1n) is 9.81. The lowest BCUT2D eigenvalue weighted by molar-refractivity contribution is -0.131. The number of tetrazole rings is 1. The Morgan fingerprint density at radius 1 is 1.07 bits per heavy atom. The molecule has 1 fully saturated rings. The number of fused-ring (bicyclic) bond motifs is 1. The SMILES string of the molecule is O=C(Cc1ccc(-n2cnnn2)cc1)N1CCC(c2nc3ccccc3[nH]2)CC1. The fraction of sp³-hybridized carbons (Fsp3) is 0.286. The number of rotatable bonds is 4. The summed E-state index contributed by atoms with van der Waals surface area (Å²) in [6, 6.07) is 15.9. The summed E-state index contributed by atoms with van der Waals surface area (Å²) >= 11 is 0. The molecule has 8 heteroatoms. The van der Waals surface area contributed by atoms with E-state index in [1.807, 2.05) is 47.4 Å². The van der Waals surface area contributed by atoms with E-state index in [1.165, 1.54) is 0 Å². The summed E-state index contributed by atoms with van der Waals surface area (Å²) in [5.41, 5.74) is 3.95. The molecule has 0 saturated carbocycles. The van der Waals surface area contributed by atoms with Gasteiger partial charge in [-0.05, 0) is 53.1 Å². The van der Waals surface area contributed by atoms with Gasteiger partial charge < -0.3 is 9.88 Å². The van der Waals surface area contributed by atoms with Gasteiger partial charge >= 0.3 is 0 Å². The number of benzene rings is 2. The molecule has 1 aliphatic rings. The number of carbonyl (C=O) groups is 1. The van der Waals surface area contributed by atoms with Gasteiger partial charge in [0, 0.05) is 19.0 Å². The minimum atomic E-state index is 0.170. The number of carbonyl (C=O) groups excluding carboxylic acids is 1. The lowest BCUT2D eigenvalue weighted by atomic mass is 9.95. The van der Waals surface area contributed by atoms with Crippen LogP contribution in [0.3, 0.4) is 0 Å². The van der Waals surface area contributed by atoms with Crippen molar-refractivity contribution >= 4 is 16.9 Å². The van der Waals surface area contributed by atoms with Crippen LogP contribution >= 0.6 is 0 Å². The molecular weight excluding hydrogens is 366 g/mol. The van der Waals surface area contributed by atoms with E-state index in [0.717, 1.165) is 54.0 Å². The number of aromatic nitrogens is 6. The molecule has 0 spiro atoms. The van der Waals surface area contributed by atoms with Crippen molar-refractivity contribution in [2.45, 2.75) is 25.2 Å². The van der Waals surface area contributed by atoms with Gasteiger partial charge in [0.15, 0.2) is 0 Å². The van der Waals surface area contributed by atoms with Gasteiger partial charge in [-0.15, -0.1) is 5.10 Å². The van der Waals surface area contributed by atoms with Crippen molar-refractivity contribution in [2.75, 3.05) is 13.1 Å². The molecule has 1 saturated heterocycles. The highest BCUT2D eigenvalue weighted by Crippen LogP contribution is 2.28. The third-order valence-electron chi connectivity index (χ3n) is 5.55. The van der Waals surface area contributed by atoms with E-state index in [9.17, 15) is 4.79 Å². The third kappa shape index (κ3) is 3.61. The first-order valence-corrected chi connectivity index (χ1v) is 9.81. The van der Waals surface area contributed by atoms with Gasteiger partial charge in [0.25, 0.3) is 0 Å². The standard InChI is InChI=1S/C21H21N7O/c29-20(13-15-5-7-17(8-6-15)28-14-22-25-26-28)27-11-9-16(10-12-27)21-23-18-3-1-2-4-19(18)24-21/h1-8,14,16H,9-13H2,(H,23,24). The minimum Gasteiger partial charge on any atom is -0.342 e. The Balaban J connectivity index is 1.19. The number of likely N-dealkylation sites (tertiary alicyclic amines) is 1. The Hall–Kier alpha value is -3.55. The molecule has 4 aromatic rings. The molecule has 0 unspecified atom stereocenters. The van der Waals surface area contributed by atoms with Crippen LogP contribution in [0.5, 0.6) is 0 Å². The highest BCUT2D eigenvalue weighted by molar-refractivity contribution is 5.79. The fourth-order valence-electron chi connectivity index (χ4n) is 3.90. The monoisotopic (exact) mass is 387 g/mol.